The fourth-order valence-electron chi connectivity index (χ4n) is 1.00. The van der Waals surface area contributed by atoms with Gasteiger partial charge in [-0.3, -0.25) is 4.79 Å². The van der Waals surface area contributed by atoms with Crippen LogP contribution in [-0.4, -0.2) is 11.9 Å². The highest BCUT2D eigenvalue weighted by Gasteiger charge is 1.98. The lowest BCUT2D eigenvalue weighted by Crippen LogP contribution is -2.23. The first-order valence-electron chi connectivity index (χ1n) is 4.25. The van der Waals surface area contributed by atoms with Crippen LogP contribution >= 0.6 is 0 Å². The van der Waals surface area contributed by atoms with Crippen molar-refractivity contribution in [3.8, 4) is 0 Å². The number of benzene rings is 1. The third-order valence-electron chi connectivity index (χ3n) is 1.54. The second-order valence-electron chi connectivity index (χ2n) is 2.91. The van der Waals surface area contributed by atoms with Crippen molar-refractivity contribution in [3.63, 3.8) is 0 Å². The van der Waals surface area contributed by atoms with Crippen LogP contribution in [0.1, 0.15) is 5.56 Å². The smallest absolute Gasteiger partial charge is 0.272 e. The first-order valence-corrected chi connectivity index (χ1v) is 4.25. The SMILES string of the molecule is NC(N)=NC(=O)C=Cc1cc(F)cc(F)c1. The molecule has 0 heterocycles. The molecule has 0 saturated carbocycles. The third kappa shape index (κ3) is 3.87. The van der Waals surface area contributed by atoms with Crippen LogP contribution in [0.5, 0.6) is 0 Å². The van der Waals surface area contributed by atoms with E-state index in [2.05, 4.69) is 4.99 Å². The van der Waals surface area contributed by atoms with Gasteiger partial charge in [-0.25, -0.2) is 8.78 Å². The summed E-state index contributed by atoms with van der Waals surface area (Å²) in [4.78, 5) is 14.2. The minimum atomic E-state index is -0.728. The van der Waals surface area contributed by atoms with Gasteiger partial charge in [-0.05, 0) is 23.8 Å². The molecule has 6 heteroatoms. The van der Waals surface area contributed by atoms with Gasteiger partial charge in [-0.2, -0.15) is 4.99 Å². The van der Waals surface area contributed by atoms with Gasteiger partial charge in [-0.1, -0.05) is 0 Å². The molecule has 16 heavy (non-hydrogen) atoms. The highest BCUT2D eigenvalue weighted by atomic mass is 19.1. The predicted molar refractivity (Wildman–Crippen MR) is 56.2 cm³/mol. The van der Waals surface area contributed by atoms with E-state index in [-0.39, 0.29) is 11.5 Å². The monoisotopic (exact) mass is 225 g/mol. The van der Waals surface area contributed by atoms with Crippen molar-refractivity contribution < 1.29 is 13.6 Å². The van der Waals surface area contributed by atoms with Crippen LogP contribution in [0.4, 0.5) is 8.78 Å². The van der Waals surface area contributed by atoms with Gasteiger partial charge in [0, 0.05) is 12.1 Å². The van der Waals surface area contributed by atoms with E-state index in [1.54, 1.807) is 0 Å². The van der Waals surface area contributed by atoms with Crippen molar-refractivity contribution >= 4 is 17.9 Å². The molecule has 0 atom stereocenters. The number of hydrogen-bond acceptors (Lipinski definition) is 1. The zero-order valence-corrected chi connectivity index (χ0v) is 8.15. The molecular formula is C10H9F2N3O. The normalized spacial score (nSPS) is 10.4. The van der Waals surface area contributed by atoms with Crippen molar-refractivity contribution in [2.45, 2.75) is 0 Å². The summed E-state index contributed by atoms with van der Waals surface area (Å²) in [6.45, 7) is 0. The van der Waals surface area contributed by atoms with E-state index in [1.807, 2.05) is 0 Å². The predicted octanol–water partition coefficient (Wildman–Crippen LogP) is 0.778. The Morgan fingerprint density at radius 2 is 1.75 bits per heavy atom. The van der Waals surface area contributed by atoms with Gasteiger partial charge in [0.25, 0.3) is 5.91 Å². The number of carbonyl (C=O) groups is 1. The molecule has 0 fully saturated rings. The lowest BCUT2D eigenvalue weighted by molar-refractivity contribution is -0.113. The number of halogens is 2. The summed E-state index contributed by atoms with van der Waals surface area (Å²) in [5, 5.41) is 0. The summed E-state index contributed by atoms with van der Waals surface area (Å²) in [6, 6.07) is 2.87. The zero-order chi connectivity index (χ0) is 12.1. The van der Waals surface area contributed by atoms with Crippen molar-refractivity contribution in [3.05, 3.63) is 41.5 Å². The largest absolute Gasteiger partial charge is 0.370 e. The highest BCUT2D eigenvalue weighted by Crippen LogP contribution is 2.09. The van der Waals surface area contributed by atoms with E-state index in [1.165, 1.54) is 6.08 Å². The molecule has 0 aliphatic carbocycles. The molecule has 1 aromatic rings. The standard InChI is InChI=1S/C10H9F2N3O/c11-7-3-6(4-8(12)5-7)1-2-9(16)15-10(13)14/h1-5H,(H4,13,14,15,16). The Hall–Kier alpha value is -2.24. The number of nitrogens with two attached hydrogens (primary N) is 2. The highest BCUT2D eigenvalue weighted by molar-refractivity contribution is 5.99. The van der Waals surface area contributed by atoms with E-state index in [4.69, 9.17) is 11.5 Å². The van der Waals surface area contributed by atoms with E-state index in [0.29, 0.717) is 0 Å². The Morgan fingerprint density at radius 1 is 1.19 bits per heavy atom. The molecule has 1 aromatic carbocycles. The lowest BCUT2D eigenvalue weighted by atomic mass is 10.2. The van der Waals surface area contributed by atoms with Gasteiger partial charge >= 0.3 is 0 Å². The summed E-state index contributed by atoms with van der Waals surface area (Å²) < 4.78 is 25.5. The Bertz CT molecular complexity index is 445. The quantitative estimate of drug-likeness (QED) is 0.443. The summed E-state index contributed by atoms with van der Waals surface area (Å²) in [6.07, 6.45) is 2.22. The molecule has 4 N–H and O–H groups in total. The van der Waals surface area contributed by atoms with Crippen LogP contribution in [0.15, 0.2) is 29.3 Å². The Morgan fingerprint density at radius 3 is 2.25 bits per heavy atom. The van der Waals surface area contributed by atoms with E-state index in [9.17, 15) is 13.6 Å². The van der Waals surface area contributed by atoms with Crippen LogP contribution in [0, 0.1) is 11.6 Å². The van der Waals surface area contributed by atoms with Gasteiger partial charge < -0.3 is 11.5 Å². The molecule has 0 spiro atoms. The fourth-order valence-corrected chi connectivity index (χ4v) is 1.00. The minimum absolute atomic E-state index is 0.205. The van der Waals surface area contributed by atoms with Crippen LogP contribution in [0.25, 0.3) is 6.08 Å². The van der Waals surface area contributed by atoms with E-state index >= 15 is 0 Å². The van der Waals surface area contributed by atoms with Gasteiger partial charge in [-0.15, -0.1) is 0 Å². The van der Waals surface area contributed by atoms with Gasteiger partial charge in [0.15, 0.2) is 5.96 Å². The molecule has 0 aromatic heterocycles. The number of carbonyl (C=O) groups excluding carboxylic acids is 1. The van der Waals surface area contributed by atoms with Crippen LogP contribution < -0.4 is 11.5 Å². The van der Waals surface area contributed by atoms with Crippen molar-refractivity contribution in [1.29, 1.82) is 0 Å². The van der Waals surface area contributed by atoms with Crippen LogP contribution in [0.2, 0.25) is 0 Å². The second kappa shape index (κ2) is 5.01. The Labute approximate surface area is 90.3 Å². The van der Waals surface area contributed by atoms with Gasteiger partial charge in [0.1, 0.15) is 11.6 Å². The molecule has 1 rings (SSSR count). The molecule has 0 aliphatic rings. The molecule has 1 amide bonds. The zero-order valence-electron chi connectivity index (χ0n) is 8.15. The molecule has 0 aliphatic heterocycles. The molecule has 4 nitrogen and oxygen atoms in total. The first-order chi connectivity index (χ1) is 7.47. The summed E-state index contributed by atoms with van der Waals surface area (Å²) in [5.74, 6) is -2.53. The molecule has 0 saturated heterocycles. The van der Waals surface area contributed by atoms with Crippen molar-refractivity contribution in [2.24, 2.45) is 16.5 Å². The van der Waals surface area contributed by atoms with Gasteiger partial charge in [0.05, 0.1) is 0 Å². The Kier molecular flexibility index (Phi) is 3.71. The second-order valence-corrected chi connectivity index (χ2v) is 2.91. The summed E-state index contributed by atoms with van der Waals surface area (Å²) in [5.41, 5.74) is 10.1. The molecule has 0 bridgehead atoms. The maximum Gasteiger partial charge on any atom is 0.272 e. The maximum absolute atomic E-state index is 12.7. The third-order valence-corrected chi connectivity index (χ3v) is 1.54. The van der Waals surface area contributed by atoms with Crippen molar-refractivity contribution in [2.75, 3.05) is 0 Å². The van der Waals surface area contributed by atoms with Crippen LogP contribution in [-0.2, 0) is 4.79 Å². The average molecular weight is 225 g/mol. The first kappa shape index (κ1) is 11.8. The summed E-state index contributed by atoms with van der Waals surface area (Å²) in [7, 11) is 0. The van der Waals surface area contributed by atoms with E-state index in [0.717, 1.165) is 24.3 Å². The fraction of sp³-hybridized carbons (Fsp3) is 0. The molecule has 84 valence electrons. The maximum atomic E-state index is 12.7. The summed E-state index contributed by atoms with van der Waals surface area (Å²) >= 11 is 0. The molecular weight excluding hydrogens is 216 g/mol. The number of guanidine groups is 1. The lowest BCUT2D eigenvalue weighted by Gasteiger charge is -1.94. The van der Waals surface area contributed by atoms with Crippen LogP contribution in [0.3, 0.4) is 0 Å². The number of hydrogen-bond donors (Lipinski definition) is 2. The molecule has 0 unspecified atom stereocenters. The number of amides is 1. The van der Waals surface area contributed by atoms with Crippen molar-refractivity contribution in [1.82, 2.24) is 0 Å². The number of aliphatic imine (C=N–C) groups is 1. The topological polar surface area (TPSA) is 81.5 Å². The number of nitrogens with zero attached hydrogens (tertiary/aromatic N) is 1. The number of rotatable bonds is 2. The van der Waals surface area contributed by atoms with E-state index < -0.39 is 17.5 Å². The average Bonchev–Trinajstić information content (AvgIpc) is 2.12. The molecule has 0 radical (unpaired) electrons. The Balaban J connectivity index is 2.84. The van der Waals surface area contributed by atoms with Gasteiger partial charge in [0.2, 0.25) is 0 Å². The minimum Gasteiger partial charge on any atom is -0.370 e.